The van der Waals surface area contributed by atoms with Gasteiger partial charge in [-0.2, -0.15) is 18.2 Å². The van der Waals surface area contributed by atoms with Crippen LogP contribution in [0, 0.1) is 0 Å². The van der Waals surface area contributed by atoms with E-state index in [9.17, 15) is 18.3 Å². The number of hydroxylamine groups is 2. The van der Waals surface area contributed by atoms with E-state index in [1.807, 2.05) is 0 Å². The van der Waals surface area contributed by atoms with Gasteiger partial charge in [0.1, 0.15) is 0 Å². The van der Waals surface area contributed by atoms with Gasteiger partial charge in [-0.3, -0.25) is 4.84 Å². The summed E-state index contributed by atoms with van der Waals surface area (Å²) >= 11 is 0. The van der Waals surface area contributed by atoms with Crippen LogP contribution in [0.1, 0.15) is 19.4 Å². The zero-order chi connectivity index (χ0) is 13.6. The van der Waals surface area contributed by atoms with E-state index in [1.54, 1.807) is 19.9 Å². The van der Waals surface area contributed by atoms with Gasteiger partial charge in [0.15, 0.2) is 6.23 Å². The molecular weight excluding hydrogens is 247 g/mol. The molecule has 1 N–H and O–H groups in total. The molecule has 3 atom stereocenters. The van der Waals surface area contributed by atoms with E-state index in [4.69, 9.17) is 4.84 Å². The molecule has 1 fully saturated rings. The summed E-state index contributed by atoms with van der Waals surface area (Å²) in [5.41, 5.74) is -3.22. The fourth-order valence-corrected chi connectivity index (χ4v) is 1.88. The zero-order valence-corrected chi connectivity index (χ0v) is 9.98. The van der Waals surface area contributed by atoms with E-state index in [1.165, 1.54) is 24.3 Å². The Morgan fingerprint density at radius 1 is 1.22 bits per heavy atom. The standard InChI is InChI=1S/C12H14F3NO2/c1-8(2)16-10(18-16)11(17,12(13,14)15)9-6-4-3-5-7-9/h3-8,10,17H,1-2H3. The number of alkyl halides is 3. The Morgan fingerprint density at radius 3 is 2.17 bits per heavy atom. The van der Waals surface area contributed by atoms with Gasteiger partial charge in [-0.15, -0.1) is 0 Å². The van der Waals surface area contributed by atoms with Crippen LogP contribution in [0.5, 0.6) is 0 Å². The molecule has 1 saturated heterocycles. The number of hydrogen-bond acceptors (Lipinski definition) is 3. The highest BCUT2D eigenvalue weighted by atomic mass is 19.4. The second-order valence-electron chi connectivity index (χ2n) is 4.54. The van der Waals surface area contributed by atoms with Crippen molar-refractivity contribution in [3.63, 3.8) is 0 Å². The quantitative estimate of drug-likeness (QED) is 0.849. The Hall–Kier alpha value is -1.11. The van der Waals surface area contributed by atoms with Crippen LogP contribution in [0.4, 0.5) is 13.2 Å². The maximum absolute atomic E-state index is 13.2. The number of hydrogen-bond donors (Lipinski definition) is 1. The molecule has 0 amide bonds. The zero-order valence-electron chi connectivity index (χ0n) is 9.98. The highest BCUT2D eigenvalue weighted by Gasteiger charge is 2.68. The second kappa shape index (κ2) is 4.22. The minimum absolute atomic E-state index is 0.217. The topological polar surface area (TPSA) is 35.8 Å². The van der Waals surface area contributed by atoms with E-state index in [0.717, 1.165) is 5.06 Å². The summed E-state index contributed by atoms with van der Waals surface area (Å²) in [6.07, 6.45) is -6.19. The molecule has 0 radical (unpaired) electrons. The van der Waals surface area contributed by atoms with Crippen molar-refractivity contribution in [2.45, 2.75) is 37.9 Å². The molecule has 0 bridgehead atoms. The molecule has 3 unspecified atom stereocenters. The van der Waals surface area contributed by atoms with Gasteiger partial charge in [0.05, 0.1) is 0 Å². The Balaban J connectivity index is 2.38. The first-order valence-corrected chi connectivity index (χ1v) is 5.58. The van der Waals surface area contributed by atoms with Crippen LogP contribution in [-0.4, -0.2) is 28.6 Å². The largest absolute Gasteiger partial charge is 0.425 e. The van der Waals surface area contributed by atoms with E-state index < -0.39 is 18.0 Å². The molecule has 6 heteroatoms. The summed E-state index contributed by atoms with van der Waals surface area (Å²) in [5.74, 6) is 0. The van der Waals surface area contributed by atoms with Gasteiger partial charge in [-0.25, -0.2) is 0 Å². The third-order valence-electron chi connectivity index (χ3n) is 2.92. The first-order valence-electron chi connectivity index (χ1n) is 5.58. The minimum atomic E-state index is -4.80. The van der Waals surface area contributed by atoms with Crippen LogP contribution < -0.4 is 0 Å². The Morgan fingerprint density at radius 2 is 1.78 bits per heavy atom. The van der Waals surface area contributed by atoms with Gasteiger partial charge in [-0.1, -0.05) is 30.3 Å². The summed E-state index contributed by atoms with van der Waals surface area (Å²) in [4.78, 5) is 4.89. The monoisotopic (exact) mass is 261 g/mol. The third kappa shape index (κ3) is 2.00. The summed E-state index contributed by atoms with van der Waals surface area (Å²) < 4.78 is 39.5. The molecule has 3 nitrogen and oxygen atoms in total. The van der Waals surface area contributed by atoms with Gasteiger partial charge in [0.2, 0.25) is 5.60 Å². The SMILES string of the molecule is CC(C)N1OC1C(O)(c1ccccc1)C(F)(F)F. The van der Waals surface area contributed by atoms with Crippen molar-refractivity contribution in [3.05, 3.63) is 35.9 Å². The Labute approximate surface area is 103 Å². The lowest BCUT2D eigenvalue weighted by Crippen LogP contribution is -2.48. The smallest absolute Gasteiger partial charge is 0.373 e. The van der Waals surface area contributed by atoms with Crippen molar-refractivity contribution in [2.24, 2.45) is 0 Å². The predicted octanol–water partition coefficient (Wildman–Crippen LogP) is 2.42. The van der Waals surface area contributed by atoms with E-state index >= 15 is 0 Å². The van der Waals surface area contributed by atoms with Crippen LogP contribution in [0.15, 0.2) is 30.3 Å². The lowest BCUT2D eigenvalue weighted by molar-refractivity contribution is -0.274. The van der Waals surface area contributed by atoms with Crippen molar-refractivity contribution in [1.29, 1.82) is 0 Å². The van der Waals surface area contributed by atoms with Crippen LogP contribution >= 0.6 is 0 Å². The third-order valence-corrected chi connectivity index (χ3v) is 2.92. The molecule has 1 aromatic rings. The highest BCUT2D eigenvalue weighted by Crippen LogP contribution is 2.49. The predicted molar refractivity (Wildman–Crippen MR) is 58.2 cm³/mol. The van der Waals surface area contributed by atoms with Crippen LogP contribution in [0.2, 0.25) is 0 Å². The molecule has 18 heavy (non-hydrogen) atoms. The van der Waals surface area contributed by atoms with E-state index in [0.29, 0.717) is 0 Å². The molecule has 1 heterocycles. The molecule has 100 valence electrons. The highest BCUT2D eigenvalue weighted by molar-refractivity contribution is 5.26. The maximum Gasteiger partial charge on any atom is 0.425 e. The van der Waals surface area contributed by atoms with Crippen LogP contribution in [0.25, 0.3) is 0 Å². The Bertz CT molecular complexity index is 421. The van der Waals surface area contributed by atoms with E-state index in [-0.39, 0.29) is 11.6 Å². The number of nitrogens with zero attached hydrogens (tertiary/aromatic N) is 1. The normalized spacial score (nSPS) is 27.1. The summed E-state index contributed by atoms with van der Waals surface area (Å²) in [7, 11) is 0. The molecule has 2 rings (SSSR count). The van der Waals surface area contributed by atoms with Gasteiger partial charge < -0.3 is 5.11 Å². The molecule has 0 spiro atoms. The van der Waals surface area contributed by atoms with Crippen LogP contribution in [-0.2, 0) is 10.4 Å². The minimum Gasteiger partial charge on any atom is -0.373 e. The van der Waals surface area contributed by atoms with Crippen molar-refractivity contribution in [2.75, 3.05) is 0 Å². The molecule has 1 aliphatic heterocycles. The first-order chi connectivity index (χ1) is 8.28. The number of aliphatic hydroxyl groups is 1. The fraction of sp³-hybridized carbons (Fsp3) is 0.500. The van der Waals surface area contributed by atoms with Crippen molar-refractivity contribution in [3.8, 4) is 0 Å². The summed E-state index contributed by atoms with van der Waals surface area (Å²) in [6, 6.07) is 6.75. The lowest BCUT2D eigenvalue weighted by atomic mass is 9.92. The average Bonchev–Trinajstić information content (AvgIpc) is 3.08. The number of benzene rings is 1. The van der Waals surface area contributed by atoms with Gasteiger partial charge >= 0.3 is 6.18 Å². The Kier molecular flexibility index (Phi) is 3.12. The van der Waals surface area contributed by atoms with Crippen molar-refractivity contribution < 1.29 is 23.1 Å². The van der Waals surface area contributed by atoms with Gasteiger partial charge in [-0.05, 0) is 19.4 Å². The molecule has 1 aromatic carbocycles. The lowest BCUT2D eigenvalue weighted by Gasteiger charge is -2.29. The van der Waals surface area contributed by atoms with Crippen molar-refractivity contribution in [1.82, 2.24) is 5.06 Å². The fourth-order valence-electron chi connectivity index (χ4n) is 1.88. The molecule has 0 aliphatic carbocycles. The summed E-state index contributed by atoms with van der Waals surface area (Å²) in [5, 5.41) is 11.2. The molecule has 0 aromatic heterocycles. The number of rotatable bonds is 3. The van der Waals surface area contributed by atoms with Gasteiger partial charge in [0, 0.05) is 6.04 Å². The van der Waals surface area contributed by atoms with E-state index in [2.05, 4.69) is 0 Å². The average molecular weight is 261 g/mol. The van der Waals surface area contributed by atoms with Crippen LogP contribution in [0.3, 0.4) is 0 Å². The molecule has 0 saturated carbocycles. The number of halogens is 3. The maximum atomic E-state index is 13.2. The van der Waals surface area contributed by atoms with Gasteiger partial charge in [0.25, 0.3) is 0 Å². The molecular formula is C12H14F3NO2. The molecule has 1 aliphatic rings. The second-order valence-corrected chi connectivity index (χ2v) is 4.54. The van der Waals surface area contributed by atoms with Crippen molar-refractivity contribution >= 4 is 0 Å². The first kappa shape index (κ1) is 13.3. The summed E-state index contributed by atoms with van der Waals surface area (Å²) in [6.45, 7) is 3.39.